The largest absolute Gasteiger partial charge is 0.478 e. The summed E-state index contributed by atoms with van der Waals surface area (Å²) < 4.78 is 0. The maximum absolute atomic E-state index is 10.4. The van der Waals surface area contributed by atoms with E-state index in [-0.39, 0.29) is 0 Å². The average Bonchev–Trinajstić information content (AvgIpc) is 2.30. The number of allylic oxidation sites excluding steroid dienone is 2. The highest BCUT2D eigenvalue weighted by molar-refractivity contribution is 5.80. The van der Waals surface area contributed by atoms with Gasteiger partial charge in [0.1, 0.15) is 0 Å². The van der Waals surface area contributed by atoms with Crippen LogP contribution in [-0.2, 0) is 4.79 Å². The maximum atomic E-state index is 10.4. The third kappa shape index (κ3) is 13.0. The number of carboxylic acid groups (broad SMARTS) is 1. The molecule has 0 bridgehead atoms. The van der Waals surface area contributed by atoms with Gasteiger partial charge < -0.3 is 5.11 Å². The Morgan fingerprint density at radius 1 is 1.00 bits per heavy atom. The topological polar surface area (TPSA) is 37.3 Å². The lowest BCUT2D eigenvalue weighted by atomic mass is 10.0. The lowest BCUT2D eigenvalue weighted by Crippen LogP contribution is -1.90. The second kappa shape index (κ2) is 12.4. The molecule has 0 radical (unpaired) electrons. The average molecular weight is 252 g/mol. The van der Waals surface area contributed by atoms with Gasteiger partial charge in [0, 0.05) is 6.08 Å². The van der Waals surface area contributed by atoms with Crippen LogP contribution in [0.5, 0.6) is 0 Å². The molecule has 0 unspecified atom stereocenters. The van der Waals surface area contributed by atoms with E-state index in [1.165, 1.54) is 51.0 Å². The molecule has 0 aliphatic carbocycles. The van der Waals surface area contributed by atoms with Gasteiger partial charge in [-0.2, -0.15) is 0 Å². The Kier molecular flexibility index (Phi) is 11.7. The fourth-order valence-electron chi connectivity index (χ4n) is 2.04. The smallest absolute Gasteiger partial charge is 0.328 e. The predicted octanol–water partition coefficient (Wildman–Crippen LogP) is 5.10. The molecule has 0 fully saturated rings. The first-order valence-corrected chi connectivity index (χ1v) is 7.18. The van der Waals surface area contributed by atoms with Crippen LogP contribution in [0.4, 0.5) is 0 Å². The molecule has 0 spiro atoms. The molecule has 0 heterocycles. The molecule has 1 N–H and O–H groups in total. The minimum atomic E-state index is -0.827. The summed E-state index contributed by atoms with van der Waals surface area (Å²) in [7, 11) is 0. The third-order valence-corrected chi connectivity index (χ3v) is 3.10. The van der Waals surface area contributed by atoms with E-state index in [2.05, 4.69) is 6.58 Å². The van der Waals surface area contributed by atoms with Gasteiger partial charge >= 0.3 is 5.97 Å². The van der Waals surface area contributed by atoms with E-state index in [1.807, 2.05) is 13.0 Å². The Morgan fingerprint density at radius 2 is 1.50 bits per heavy atom. The maximum Gasteiger partial charge on any atom is 0.328 e. The van der Waals surface area contributed by atoms with Gasteiger partial charge in [0.15, 0.2) is 0 Å². The molecular weight excluding hydrogens is 224 g/mol. The quantitative estimate of drug-likeness (QED) is 0.298. The number of hydrogen-bond donors (Lipinski definition) is 1. The van der Waals surface area contributed by atoms with Crippen LogP contribution in [0.2, 0.25) is 0 Å². The summed E-state index contributed by atoms with van der Waals surface area (Å²) in [5, 5.41) is 8.56. The Balaban J connectivity index is 3.21. The third-order valence-electron chi connectivity index (χ3n) is 3.10. The highest BCUT2D eigenvalue weighted by atomic mass is 16.4. The van der Waals surface area contributed by atoms with Gasteiger partial charge in [-0.15, -0.1) is 6.58 Å². The van der Waals surface area contributed by atoms with Gasteiger partial charge in [-0.25, -0.2) is 4.79 Å². The minimum Gasteiger partial charge on any atom is -0.478 e. The van der Waals surface area contributed by atoms with Crippen molar-refractivity contribution in [3.05, 3.63) is 24.3 Å². The Hall–Kier alpha value is -1.05. The van der Waals surface area contributed by atoms with Crippen LogP contribution in [0.1, 0.15) is 71.1 Å². The van der Waals surface area contributed by atoms with Crippen LogP contribution in [0.25, 0.3) is 0 Å². The van der Waals surface area contributed by atoms with Gasteiger partial charge in [-0.05, 0) is 32.6 Å². The molecule has 2 nitrogen and oxygen atoms in total. The Labute approximate surface area is 112 Å². The summed E-state index contributed by atoms with van der Waals surface area (Å²) in [6, 6.07) is 0. The highest BCUT2D eigenvalue weighted by Crippen LogP contribution is 2.13. The molecule has 0 amide bonds. The minimum absolute atomic E-state index is 0.827. The molecule has 0 aromatic heterocycles. The molecule has 0 atom stereocenters. The SMILES string of the molecule is C=CCCCCCCCCCC/C(C)=C/C(=O)O. The number of unbranched alkanes of at least 4 members (excludes halogenated alkanes) is 8. The molecule has 0 aliphatic rings. The van der Waals surface area contributed by atoms with Gasteiger partial charge in [0.25, 0.3) is 0 Å². The molecule has 0 saturated carbocycles. The first kappa shape index (κ1) is 16.9. The van der Waals surface area contributed by atoms with Crippen molar-refractivity contribution in [2.45, 2.75) is 71.1 Å². The van der Waals surface area contributed by atoms with E-state index in [0.717, 1.165) is 24.8 Å². The molecule has 18 heavy (non-hydrogen) atoms. The number of rotatable bonds is 12. The van der Waals surface area contributed by atoms with E-state index in [9.17, 15) is 4.79 Å². The van der Waals surface area contributed by atoms with Crippen molar-refractivity contribution in [1.29, 1.82) is 0 Å². The zero-order chi connectivity index (χ0) is 13.6. The summed E-state index contributed by atoms with van der Waals surface area (Å²) in [6.07, 6.45) is 15.6. The molecule has 0 aromatic rings. The number of carbonyl (C=O) groups is 1. The van der Waals surface area contributed by atoms with Crippen LogP contribution in [-0.4, -0.2) is 11.1 Å². The van der Waals surface area contributed by atoms with Gasteiger partial charge in [-0.1, -0.05) is 50.2 Å². The van der Waals surface area contributed by atoms with Crippen molar-refractivity contribution in [3.8, 4) is 0 Å². The summed E-state index contributed by atoms with van der Waals surface area (Å²) in [5.41, 5.74) is 0.979. The molecule has 0 saturated heterocycles. The molecule has 2 heteroatoms. The Bertz CT molecular complexity index is 254. The van der Waals surface area contributed by atoms with E-state index in [1.54, 1.807) is 0 Å². The molecule has 0 aromatic carbocycles. The predicted molar refractivity (Wildman–Crippen MR) is 77.8 cm³/mol. The van der Waals surface area contributed by atoms with Crippen molar-refractivity contribution in [2.75, 3.05) is 0 Å². The second-order valence-electron chi connectivity index (χ2n) is 4.98. The standard InChI is InChI=1S/C16H28O2/c1-3-4-5-6-7-8-9-10-11-12-13-15(2)14-16(17)18/h3,14H,1,4-13H2,2H3,(H,17,18)/b15-14+. The fraction of sp³-hybridized carbons (Fsp3) is 0.688. The van der Waals surface area contributed by atoms with Crippen LogP contribution >= 0.6 is 0 Å². The first-order chi connectivity index (χ1) is 8.66. The first-order valence-electron chi connectivity index (χ1n) is 7.18. The summed E-state index contributed by atoms with van der Waals surface area (Å²) in [5.74, 6) is -0.827. The number of carboxylic acids is 1. The fourth-order valence-corrected chi connectivity index (χ4v) is 2.04. The summed E-state index contributed by atoms with van der Waals surface area (Å²) in [6.45, 7) is 5.62. The van der Waals surface area contributed by atoms with Crippen molar-refractivity contribution >= 4 is 5.97 Å². The molecule has 104 valence electrons. The van der Waals surface area contributed by atoms with Crippen molar-refractivity contribution in [1.82, 2.24) is 0 Å². The lowest BCUT2D eigenvalue weighted by Gasteiger charge is -2.02. The molecular formula is C16H28O2. The summed E-state index contributed by atoms with van der Waals surface area (Å²) >= 11 is 0. The van der Waals surface area contributed by atoms with Gasteiger partial charge in [-0.3, -0.25) is 0 Å². The van der Waals surface area contributed by atoms with E-state index >= 15 is 0 Å². The normalized spacial score (nSPS) is 11.5. The van der Waals surface area contributed by atoms with Crippen molar-refractivity contribution in [2.24, 2.45) is 0 Å². The van der Waals surface area contributed by atoms with Crippen LogP contribution in [0, 0.1) is 0 Å². The monoisotopic (exact) mass is 252 g/mol. The second-order valence-corrected chi connectivity index (χ2v) is 4.98. The summed E-state index contributed by atoms with van der Waals surface area (Å²) in [4.78, 5) is 10.4. The van der Waals surface area contributed by atoms with E-state index in [0.29, 0.717) is 0 Å². The van der Waals surface area contributed by atoms with Gasteiger partial charge in [0.2, 0.25) is 0 Å². The van der Waals surface area contributed by atoms with Crippen LogP contribution in [0.3, 0.4) is 0 Å². The zero-order valence-electron chi connectivity index (χ0n) is 11.8. The number of hydrogen-bond acceptors (Lipinski definition) is 1. The van der Waals surface area contributed by atoms with Crippen molar-refractivity contribution in [3.63, 3.8) is 0 Å². The Morgan fingerprint density at radius 3 is 2.00 bits per heavy atom. The lowest BCUT2D eigenvalue weighted by molar-refractivity contribution is -0.131. The van der Waals surface area contributed by atoms with Gasteiger partial charge in [0.05, 0.1) is 0 Å². The van der Waals surface area contributed by atoms with Crippen LogP contribution in [0.15, 0.2) is 24.3 Å². The molecule has 0 rings (SSSR count). The van der Waals surface area contributed by atoms with E-state index in [4.69, 9.17) is 5.11 Å². The zero-order valence-corrected chi connectivity index (χ0v) is 11.8. The number of aliphatic carboxylic acids is 1. The van der Waals surface area contributed by atoms with Crippen molar-refractivity contribution < 1.29 is 9.90 Å². The van der Waals surface area contributed by atoms with Crippen LogP contribution < -0.4 is 0 Å². The van der Waals surface area contributed by atoms with E-state index < -0.39 is 5.97 Å². The highest BCUT2D eigenvalue weighted by Gasteiger charge is 1.96. The molecule has 0 aliphatic heterocycles.